The van der Waals surface area contributed by atoms with Crippen LogP contribution in [-0.2, 0) is 16.4 Å². The third-order valence-corrected chi connectivity index (χ3v) is 6.05. The van der Waals surface area contributed by atoms with E-state index in [2.05, 4.69) is 4.98 Å². The van der Waals surface area contributed by atoms with E-state index in [1.165, 1.54) is 22.5 Å². The van der Waals surface area contributed by atoms with Crippen LogP contribution < -0.4 is 5.76 Å². The van der Waals surface area contributed by atoms with Gasteiger partial charge in [-0.05, 0) is 37.6 Å². The highest BCUT2D eigenvalue weighted by Gasteiger charge is 2.26. The van der Waals surface area contributed by atoms with Gasteiger partial charge in [-0.25, -0.2) is 13.2 Å². The molecule has 128 valence electrons. The fourth-order valence-electron chi connectivity index (χ4n) is 2.48. The Bertz CT molecular complexity index is 985. The van der Waals surface area contributed by atoms with Crippen molar-refractivity contribution in [1.29, 1.82) is 0 Å². The van der Waals surface area contributed by atoms with Gasteiger partial charge in [0.2, 0.25) is 10.0 Å². The summed E-state index contributed by atoms with van der Waals surface area (Å²) in [6, 6.07) is 7.80. The fourth-order valence-corrected chi connectivity index (χ4v) is 3.88. The molecule has 0 spiro atoms. The minimum atomic E-state index is -3.68. The van der Waals surface area contributed by atoms with E-state index in [0.29, 0.717) is 18.4 Å². The monoisotopic (exact) mass is 350 g/mol. The van der Waals surface area contributed by atoms with Gasteiger partial charge in [0.15, 0.2) is 5.58 Å². The summed E-state index contributed by atoms with van der Waals surface area (Å²) < 4.78 is 37.0. The SMILES string of the molecule is C[C@@H](CCc1ccco1)N(C)S(=O)(=O)c1ccc2[nH]c(=O)oc2c1. The molecule has 1 N–H and O–H groups in total. The van der Waals surface area contributed by atoms with E-state index < -0.39 is 15.8 Å². The molecule has 2 aromatic heterocycles. The molecule has 8 heteroatoms. The molecule has 0 amide bonds. The molecule has 0 aliphatic heterocycles. The van der Waals surface area contributed by atoms with E-state index >= 15 is 0 Å². The third kappa shape index (κ3) is 3.15. The number of nitrogens with one attached hydrogen (secondary N) is 1. The Kier molecular flexibility index (Phi) is 4.33. The van der Waals surface area contributed by atoms with Gasteiger partial charge < -0.3 is 8.83 Å². The molecule has 7 nitrogen and oxygen atoms in total. The number of H-pyrrole nitrogens is 1. The highest BCUT2D eigenvalue weighted by Crippen LogP contribution is 2.22. The Balaban J connectivity index is 1.80. The minimum absolute atomic E-state index is 0.0881. The summed E-state index contributed by atoms with van der Waals surface area (Å²) in [6.45, 7) is 1.84. The lowest BCUT2D eigenvalue weighted by Crippen LogP contribution is -2.35. The second kappa shape index (κ2) is 6.29. The van der Waals surface area contributed by atoms with Gasteiger partial charge in [-0.1, -0.05) is 0 Å². The van der Waals surface area contributed by atoms with Crippen molar-refractivity contribution in [2.75, 3.05) is 7.05 Å². The van der Waals surface area contributed by atoms with Crippen LogP contribution in [0.15, 0.2) is 55.1 Å². The average molecular weight is 350 g/mol. The highest BCUT2D eigenvalue weighted by atomic mass is 32.2. The van der Waals surface area contributed by atoms with Crippen LogP contribution in [-0.4, -0.2) is 30.8 Å². The Labute approximate surface area is 138 Å². The number of furan rings is 1. The molecule has 24 heavy (non-hydrogen) atoms. The zero-order valence-electron chi connectivity index (χ0n) is 13.4. The molecule has 0 aliphatic carbocycles. The van der Waals surface area contributed by atoms with Gasteiger partial charge in [0.05, 0.1) is 16.7 Å². The van der Waals surface area contributed by atoms with Crippen molar-refractivity contribution < 1.29 is 17.3 Å². The Morgan fingerprint density at radius 2 is 2.08 bits per heavy atom. The van der Waals surface area contributed by atoms with Crippen molar-refractivity contribution in [3.05, 3.63) is 52.9 Å². The van der Waals surface area contributed by atoms with Crippen LogP contribution in [0.3, 0.4) is 0 Å². The van der Waals surface area contributed by atoms with Crippen molar-refractivity contribution in [1.82, 2.24) is 9.29 Å². The summed E-state index contributed by atoms with van der Waals surface area (Å²) >= 11 is 0. The van der Waals surface area contributed by atoms with Gasteiger partial charge in [0, 0.05) is 25.6 Å². The lowest BCUT2D eigenvalue weighted by atomic mass is 10.1. The molecular formula is C16H18N2O5S. The Morgan fingerprint density at radius 3 is 2.79 bits per heavy atom. The normalized spacial score (nSPS) is 13.6. The van der Waals surface area contributed by atoms with Crippen LogP contribution in [0.5, 0.6) is 0 Å². The molecule has 3 aromatic rings. The van der Waals surface area contributed by atoms with E-state index in [0.717, 1.165) is 5.76 Å². The number of aromatic nitrogens is 1. The average Bonchev–Trinajstić information content (AvgIpc) is 3.18. The van der Waals surface area contributed by atoms with Crippen molar-refractivity contribution in [3.63, 3.8) is 0 Å². The Morgan fingerprint density at radius 1 is 1.29 bits per heavy atom. The summed E-state index contributed by atoms with van der Waals surface area (Å²) in [5, 5.41) is 0. The van der Waals surface area contributed by atoms with Crippen LogP contribution in [0.25, 0.3) is 11.1 Å². The topological polar surface area (TPSA) is 96.5 Å². The first-order valence-electron chi connectivity index (χ1n) is 7.51. The lowest BCUT2D eigenvalue weighted by molar-refractivity contribution is 0.361. The summed E-state index contributed by atoms with van der Waals surface area (Å²) in [7, 11) is -2.14. The van der Waals surface area contributed by atoms with E-state index in [4.69, 9.17) is 8.83 Å². The molecular weight excluding hydrogens is 332 g/mol. The number of oxazole rings is 1. The molecule has 3 rings (SSSR count). The van der Waals surface area contributed by atoms with Gasteiger partial charge >= 0.3 is 5.76 Å². The molecule has 1 aromatic carbocycles. The fraction of sp³-hybridized carbons (Fsp3) is 0.312. The lowest BCUT2D eigenvalue weighted by Gasteiger charge is -2.24. The van der Waals surface area contributed by atoms with E-state index in [1.54, 1.807) is 19.4 Å². The maximum Gasteiger partial charge on any atom is 0.417 e. The van der Waals surface area contributed by atoms with Gasteiger partial charge in [-0.15, -0.1) is 0 Å². The van der Waals surface area contributed by atoms with Crippen molar-refractivity contribution in [2.24, 2.45) is 0 Å². The Hall–Kier alpha value is -2.32. The largest absolute Gasteiger partial charge is 0.469 e. The van der Waals surface area contributed by atoms with Crippen LogP contribution >= 0.6 is 0 Å². The molecule has 0 bridgehead atoms. The van der Waals surface area contributed by atoms with E-state index in [1.807, 2.05) is 13.0 Å². The number of fused-ring (bicyclic) bond motifs is 1. The van der Waals surface area contributed by atoms with Crippen LogP contribution in [0.4, 0.5) is 0 Å². The second-order valence-electron chi connectivity index (χ2n) is 5.66. The molecule has 0 saturated heterocycles. The van der Waals surface area contributed by atoms with Crippen LogP contribution in [0.2, 0.25) is 0 Å². The number of aryl methyl sites for hydroxylation is 1. The first-order chi connectivity index (χ1) is 11.4. The zero-order valence-corrected chi connectivity index (χ0v) is 14.2. The number of benzene rings is 1. The van der Waals surface area contributed by atoms with Crippen LogP contribution in [0, 0.1) is 0 Å². The van der Waals surface area contributed by atoms with Crippen molar-refractivity contribution in [3.8, 4) is 0 Å². The van der Waals surface area contributed by atoms with Crippen molar-refractivity contribution >= 4 is 21.1 Å². The molecule has 0 saturated carbocycles. The number of hydrogen-bond acceptors (Lipinski definition) is 5. The molecule has 0 aliphatic rings. The number of rotatable bonds is 6. The molecule has 2 heterocycles. The van der Waals surface area contributed by atoms with E-state index in [-0.39, 0.29) is 16.5 Å². The van der Waals surface area contributed by atoms with E-state index in [9.17, 15) is 13.2 Å². The summed E-state index contributed by atoms with van der Waals surface area (Å²) in [5.74, 6) is 0.211. The summed E-state index contributed by atoms with van der Waals surface area (Å²) in [6.07, 6.45) is 2.88. The number of sulfonamides is 1. The standard InChI is InChI=1S/C16H18N2O5S/c1-11(5-6-12-4-3-9-22-12)18(2)24(20,21)13-7-8-14-15(10-13)23-16(19)17-14/h3-4,7-11H,5-6H2,1-2H3,(H,17,19)/t11-/m0/s1. The molecule has 0 radical (unpaired) electrons. The molecule has 1 atom stereocenters. The minimum Gasteiger partial charge on any atom is -0.469 e. The van der Waals surface area contributed by atoms with Crippen molar-refractivity contribution in [2.45, 2.75) is 30.7 Å². The number of aromatic amines is 1. The predicted octanol–water partition coefficient (Wildman–Crippen LogP) is 2.36. The number of hydrogen-bond donors (Lipinski definition) is 1. The van der Waals surface area contributed by atoms with Gasteiger partial charge in [-0.3, -0.25) is 4.98 Å². The van der Waals surface area contributed by atoms with Gasteiger partial charge in [-0.2, -0.15) is 4.31 Å². The quantitative estimate of drug-likeness (QED) is 0.736. The first-order valence-corrected chi connectivity index (χ1v) is 8.95. The zero-order chi connectivity index (χ0) is 17.3. The molecule has 0 unspecified atom stereocenters. The summed E-state index contributed by atoms with van der Waals surface area (Å²) in [5.41, 5.74) is 0.685. The summed E-state index contributed by atoms with van der Waals surface area (Å²) in [4.78, 5) is 13.8. The van der Waals surface area contributed by atoms with Gasteiger partial charge in [0.1, 0.15) is 5.76 Å². The highest BCUT2D eigenvalue weighted by molar-refractivity contribution is 7.89. The maximum absolute atomic E-state index is 12.8. The van der Waals surface area contributed by atoms with Crippen LogP contribution in [0.1, 0.15) is 19.1 Å². The second-order valence-corrected chi connectivity index (χ2v) is 7.66. The number of nitrogens with zero attached hydrogens (tertiary/aromatic N) is 1. The third-order valence-electron chi connectivity index (χ3n) is 4.08. The first kappa shape index (κ1) is 16.5. The predicted molar refractivity (Wildman–Crippen MR) is 88.3 cm³/mol. The maximum atomic E-state index is 12.8. The smallest absolute Gasteiger partial charge is 0.417 e. The molecule has 0 fully saturated rings. The van der Waals surface area contributed by atoms with Gasteiger partial charge in [0.25, 0.3) is 0 Å².